The maximum absolute atomic E-state index is 13.1. The van der Waals surface area contributed by atoms with Crippen molar-refractivity contribution in [2.24, 2.45) is 7.05 Å². The first-order chi connectivity index (χ1) is 14.4. The second kappa shape index (κ2) is 7.92. The number of benzene rings is 2. The molecule has 0 saturated carbocycles. The van der Waals surface area contributed by atoms with Crippen molar-refractivity contribution in [3.63, 3.8) is 0 Å². The quantitative estimate of drug-likeness (QED) is 0.400. The Kier molecular flexibility index (Phi) is 5.16. The van der Waals surface area contributed by atoms with E-state index in [1.54, 1.807) is 42.2 Å². The highest BCUT2D eigenvalue weighted by molar-refractivity contribution is 7.80. The molecule has 8 heteroatoms. The molecule has 7 nitrogen and oxygen atoms in total. The van der Waals surface area contributed by atoms with E-state index in [2.05, 4.69) is 10.4 Å². The minimum absolute atomic E-state index is 0.00990. The molecule has 1 saturated heterocycles. The van der Waals surface area contributed by atoms with E-state index < -0.39 is 11.8 Å². The molecule has 2 amide bonds. The van der Waals surface area contributed by atoms with E-state index >= 15 is 0 Å². The van der Waals surface area contributed by atoms with Crippen LogP contribution in [0.2, 0.25) is 0 Å². The van der Waals surface area contributed by atoms with Gasteiger partial charge in [-0.3, -0.25) is 24.5 Å². The molecular weight excluding hydrogens is 400 g/mol. The first-order valence-electron chi connectivity index (χ1n) is 9.17. The number of hydrogen-bond acceptors (Lipinski definition) is 5. The lowest BCUT2D eigenvalue weighted by atomic mass is 10.1. The lowest BCUT2D eigenvalue weighted by molar-refractivity contribution is -0.122. The number of thiocarbonyl (C=S) groups is 1. The minimum atomic E-state index is -0.534. The molecule has 2 aromatic carbocycles. The maximum atomic E-state index is 13.1. The molecule has 1 aromatic heterocycles. The Labute approximate surface area is 178 Å². The van der Waals surface area contributed by atoms with E-state index in [0.717, 1.165) is 0 Å². The molecule has 2 heterocycles. The van der Waals surface area contributed by atoms with Crippen LogP contribution >= 0.6 is 12.2 Å². The van der Waals surface area contributed by atoms with Gasteiger partial charge in [0.05, 0.1) is 11.4 Å². The van der Waals surface area contributed by atoms with Crippen molar-refractivity contribution in [1.29, 1.82) is 0 Å². The number of aryl methyl sites for hydroxylation is 2. The molecular formula is C22H18N4O3S. The summed E-state index contributed by atoms with van der Waals surface area (Å²) < 4.78 is 7.41. The SMILES string of the molecule is Cc1nn(C)cc1/C=C1/C(=O)NC(=S)N(c2ccc(Oc3ccccc3)cc2)C1=O. The fourth-order valence-electron chi connectivity index (χ4n) is 3.09. The predicted octanol–water partition coefficient (Wildman–Crippen LogP) is 3.35. The first kappa shape index (κ1) is 19.5. The normalized spacial score (nSPS) is 15.5. The monoisotopic (exact) mass is 418 g/mol. The molecule has 30 heavy (non-hydrogen) atoms. The van der Waals surface area contributed by atoms with Crippen LogP contribution in [-0.2, 0) is 16.6 Å². The topological polar surface area (TPSA) is 76.5 Å². The third kappa shape index (κ3) is 3.85. The zero-order valence-corrected chi connectivity index (χ0v) is 17.1. The Morgan fingerprint density at radius 3 is 2.33 bits per heavy atom. The Hall–Kier alpha value is -3.78. The van der Waals surface area contributed by atoms with Gasteiger partial charge in [-0.2, -0.15) is 5.10 Å². The number of carbonyl (C=O) groups is 2. The van der Waals surface area contributed by atoms with Crippen molar-refractivity contribution < 1.29 is 14.3 Å². The van der Waals surface area contributed by atoms with Crippen molar-refractivity contribution in [2.75, 3.05) is 4.90 Å². The lowest BCUT2D eigenvalue weighted by Gasteiger charge is -2.29. The zero-order chi connectivity index (χ0) is 21.3. The number of ether oxygens (including phenoxy) is 1. The number of aromatic nitrogens is 2. The highest BCUT2D eigenvalue weighted by Crippen LogP contribution is 2.27. The summed E-state index contributed by atoms with van der Waals surface area (Å²) in [6.45, 7) is 1.81. The molecule has 4 rings (SSSR count). The summed E-state index contributed by atoms with van der Waals surface area (Å²) in [5.41, 5.74) is 1.92. The molecule has 1 fully saturated rings. The fourth-order valence-corrected chi connectivity index (χ4v) is 3.38. The minimum Gasteiger partial charge on any atom is -0.457 e. The first-order valence-corrected chi connectivity index (χ1v) is 9.58. The summed E-state index contributed by atoms with van der Waals surface area (Å²) >= 11 is 5.25. The van der Waals surface area contributed by atoms with Gasteiger partial charge < -0.3 is 4.74 Å². The van der Waals surface area contributed by atoms with Crippen LogP contribution in [0.25, 0.3) is 6.08 Å². The maximum Gasteiger partial charge on any atom is 0.270 e. The van der Waals surface area contributed by atoms with Crippen molar-refractivity contribution >= 4 is 40.9 Å². The van der Waals surface area contributed by atoms with Gasteiger partial charge in [-0.25, -0.2) is 0 Å². The van der Waals surface area contributed by atoms with Gasteiger partial charge in [0.2, 0.25) is 0 Å². The van der Waals surface area contributed by atoms with Gasteiger partial charge in [0.25, 0.3) is 11.8 Å². The second-order valence-electron chi connectivity index (χ2n) is 6.71. The average molecular weight is 418 g/mol. The Morgan fingerprint density at radius 2 is 1.70 bits per heavy atom. The number of rotatable bonds is 4. The summed E-state index contributed by atoms with van der Waals surface area (Å²) in [5.74, 6) is 0.294. The number of nitrogens with one attached hydrogen (secondary N) is 1. The highest BCUT2D eigenvalue weighted by Gasteiger charge is 2.34. The van der Waals surface area contributed by atoms with Gasteiger partial charge in [0.15, 0.2) is 5.11 Å². The van der Waals surface area contributed by atoms with Gasteiger partial charge >= 0.3 is 0 Å². The fraction of sp³-hybridized carbons (Fsp3) is 0.0909. The van der Waals surface area contributed by atoms with Crippen LogP contribution in [0, 0.1) is 6.92 Å². The van der Waals surface area contributed by atoms with E-state index in [-0.39, 0.29) is 10.7 Å². The third-order valence-electron chi connectivity index (χ3n) is 4.53. The smallest absolute Gasteiger partial charge is 0.270 e. The van der Waals surface area contributed by atoms with Crippen LogP contribution in [0.3, 0.4) is 0 Å². The number of anilines is 1. The summed E-state index contributed by atoms with van der Waals surface area (Å²) in [6.07, 6.45) is 3.28. The Bertz CT molecular complexity index is 1170. The number of nitrogens with zero attached hydrogens (tertiary/aromatic N) is 3. The zero-order valence-electron chi connectivity index (χ0n) is 16.3. The van der Waals surface area contributed by atoms with Crippen LogP contribution in [0.5, 0.6) is 11.5 Å². The van der Waals surface area contributed by atoms with Crippen molar-refractivity contribution in [3.05, 3.63) is 77.6 Å². The number of carbonyl (C=O) groups excluding carboxylic acids is 2. The summed E-state index contributed by atoms with van der Waals surface area (Å²) in [6, 6.07) is 16.3. The van der Waals surface area contributed by atoms with Gasteiger partial charge in [-0.15, -0.1) is 0 Å². The molecule has 150 valence electrons. The molecule has 1 aliphatic rings. The van der Waals surface area contributed by atoms with Crippen molar-refractivity contribution in [1.82, 2.24) is 15.1 Å². The molecule has 0 unspecified atom stereocenters. The highest BCUT2D eigenvalue weighted by atomic mass is 32.1. The van der Waals surface area contributed by atoms with Crippen LogP contribution < -0.4 is 15.0 Å². The molecule has 0 spiro atoms. The lowest BCUT2D eigenvalue weighted by Crippen LogP contribution is -2.54. The number of amides is 2. The van der Waals surface area contributed by atoms with Gasteiger partial charge in [-0.05, 0) is 61.6 Å². The van der Waals surface area contributed by atoms with E-state index in [9.17, 15) is 9.59 Å². The van der Waals surface area contributed by atoms with Crippen LogP contribution in [0.1, 0.15) is 11.3 Å². The van der Waals surface area contributed by atoms with Gasteiger partial charge in [0, 0.05) is 18.8 Å². The Balaban J connectivity index is 1.61. The summed E-state index contributed by atoms with van der Waals surface area (Å²) in [7, 11) is 1.78. The third-order valence-corrected chi connectivity index (χ3v) is 4.81. The molecule has 1 N–H and O–H groups in total. The summed E-state index contributed by atoms with van der Waals surface area (Å²) in [4.78, 5) is 26.8. The number of para-hydroxylation sites is 1. The molecule has 0 bridgehead atoms. The van der Waals surface area contributed by atoms with E-state index in [4.69, 9.17) is 17.0 Å². The van der Waals surface area contributed by atoms with Crippen LogP contribution in [0.15, 0.2) is 66.4 Å². The largest absolute Gasteiger partial charge is 0.457 e. The standard InChI is InChI=1S/C22H18N4O3S/c1-14-15(13-25(2)24-14)12-19-20(27)23-22(30)26(21(19)28)16-8-10-18(11-9-16)29-17-6-4-3-5-7-17/h3-13H,1-2H3,(H,23,27,30)/b19-12-. The predicted molar refractivity (Wildman–Crippen MR) is 117 cm³/mol. The molecule has 3 aromatic rings. The van der Waals surface area contributed by atoms with Crippen LogP contribution in [0.4, 0.5) is 5.69 Å². The van der Waals surface area contributed by atoms with E-state index in [0.29, 0.717) is 28.4 Å². The van der Waals surface area contributed by atoms with Gasteiger partial charge in [0.1, 0.15) is 17.1 Å². The summed E-state index contributed by atoms with van der Waals surface area (Å²) in [5, 5.41) is 6.85. The van der Waals surface area contributed by atoms with Crippen LogP contribution in [-0.4, -0.2) is 26.7 Å². The Morgan fingerprint density at radius 1 is 1.03 bits per heavy atom. The van der Waals surface area contributed by atoms with E-state index in [1.807, 2.05) is 37.3 Å². The number of hydrogen-bond donors (Lipinski definition) is 1. The second-order valence-corrected chi connectivity index (χ2v) is 7.10. The average Bonchev–Trinajstić information content (AvgIpc) is 3.04. The van der Waals surface area contributed by atoms with Gasteiger partial charge in [-0.1, -0.05) is 18.2 Å². The van der Waals surface area contributed by atoms with Crippen molar-refractivity contribution in [3.8, 4) is 11.5 Å². The van der Waals surface area contributed by atoms with E-state index in [1.165, 1.54) is 11.0 Å². The molecule has 0 radical (unpaired) electrons. The van der Waals surface area contributed by atoms with Crippen molar-refractivity contribution in [2.45, 2.75) is 6.92 Å². The molecule has 0 atom stereocenters. The molecule has 0 aliphatic carbocycles. The molecule has 1 aliphatic heterocycles.